The van der Waals surface area contributed by atoms with Gasteiger partial charge in [-0.05, 0) is 30.3 Å². The molecule has 1 aliphatic heterocycles. The van der Waals surface area contributed by atoms with Crippen LogP contribution in [-0.2, 0) is 11.0 Å². The normalized spacial score (nSPS) is 16.2. The first-order valence-corrected chi connectivity index (χ1v) is 10.6. The average Bonchev–Trinajstić information content (AvgIpc) is 3.16. The summed E-state index contributed by atoms with van der Waals surface area (Å²) in [5.74, 6) is -0.231. The van der Waals surface area contributed by atoms with Crippen molar-refractivity contribution < 1.29 is 32.2 Å². The minimum atomic E-state index is -4.50. The number of thioether (sulfide) groups is 1. The zero-order valence-electron chi connectivity index (χ0n) is 17.3. The van der Waals surface area contributed by atoms with E-state index in [1.165, 1.54) is 32.0 Å². The van der Waals surface area contributed by atoms with Crippen molar-refractivity contribution in [1.29, 1.82) is 0 Å². The van der Waals surface area contributed by atoms with Crippen molar-refractivity contribution in [3.8, 4) is 11.5 Å². The van der Waals surface area contributed by atoms with Gasteiger partial charge in [-0.1, -0.05) is 0 Å². The van der Waals surface area contributed by atoms with Crippen LogP contribution in [0.1, 0.15) is 27.1 Å². The molecule has 12 heteroatoms. The number of methoxy groups -OCH3 is 2. The van der Waals surface area contributed by atoms with Gasteiger partial charge in [0, 0.05) is 23.2 Å². The predicted octanol–water partition coefficient (Wildman–Crippen LogP) is 3.58. The smallest absolute Gasteiger partial charge is 0.416 e. The molecule has 0 spiro atoms. The fraction of sp³-hybridized carbons (Fsp3) is 0.238. The molecule has 1 aromatic heterocycles. The topological polar surface area (TPSA) is 93.7 Å². The number of nitrogens with one attached hydrogen (secondary N) is 1. The number of halogens is 3. The number of hydrogen-bond donors (Lipinski definition) is 1. The molecule has 2 amide bonds. The van der Waals surface area contributed by atoms with E-state index in [9.17, 15) is 22.8 Å². The van der Waals surface area contributed by atoms with E-state index in [2.05, 4.69) is 15.4 Å². The van der Waals surface area contributed by atoms with Gasteiger partial charge >= 0.3 is 12.1 Å². The Bertz CT molecular complexity index is 1240. The minimum Gasteiger partial charge on any atom is -0.497 e. The average molecular weight is 478 g/mol. The van der Waals surface area contributed by atoms with Crippen LogP contribution in [0.5, 0.6) is 11.5 Å². The van der Waals surface area contributed by atoms with Crippen LogP contribution in [0.4, 0.5) is 13.2 Å². The molecule has 1 atom stereocenters. The van der Waals surface area contributed by atoms with E-state index in [0.29, 0.717) is 17.1 Å². The summed E-state index contributed by atoms with van der Waals surface area (Å²) in [5, 5.41) is 0.726. The van der Waals surface area contributed by atoms with E-state index in [-0.39, 0.29) is 28.4 Å². The molecule has 1 fully saturated rings. The first-order chi connectivity index (χ1) is 15.7. The molecule has 8 nitrogen and oxygen atoms in total. The highest BCUT2D eigenvalue weighted by Gasteiger charge is 2.37. The molecule has 3 aromatic rings. The number of nitrogens with zero attached hydrogens (tertiary/aromatic N) is 3. The molecule has 0 aliphatic carbocycles. The Balaban J connectivity index is 1.59. The summed E-state index contributed by atoms with van der Waals surface area (Å²) in [6.07, 6.45) is -3.37. The second-order valence-electron chi connectivity index (χ2n) is 6.94. The van der Waals surface area contributed by atoms with Gasteiger partial charge in [0.25, 0.3) is 5.91 Å². The standard InChI is InChI=1S/C21H17F3N4O4S/c1-31-13-4-5-14(16(8-13)32-2)20-28(17(29)10-33-20)27-19(30)18-25-9-11-7-12(21(22,23)24)3-6-15(11)26-18/h3-9,20H,10H2,1-2H3,(H,27,30). The number of hydrazine groups is 1. The molecule has 2 heterocycles. The van der Waals surface area contributed by atoms with Crippen LogP contribution in [0.25, 0.3) is 10.9 Å². The number of carbonyl (C=O) groups is 2. The van der Waals surface area contributed by atoms with Gasteiger partial charge < -0.3 is 9.47 Å². The highest BCUT2D eigenvalue weighted by molar-refractivity contribution is 8.00. The quantitative estimate of drug-likeness (QED) is 0.599. The monoisotopic (exact) mass is 478 g/mol. The largest absolute Gasteiger partial charge is 0.497 e. The van der Waals surface area contributed by atoms with Crippen LogP contribution >= 0.6 is 11.8 Å². The number of ether oxygens (including phenoxy) is 2. The van der Waals surface area contributed by atoms with Crippen LogP contribution in [-0.4, -0.2) is 46.8 Å². The van der Waals surface area contributed by atoms with Crippen LogP contribution < -0.4 is 14.9 Å². The van der Waals surface area contributed by atoms with Crippen molar-refractivity contribution in [2.45, 2.75) is 11.6 Å². The molecule has 1 saturated heterocycles. The summed E-state index contributed by atoms with van der Waals surface area (Å²) in [5.41, 5.74) is 2.48. The number of benzene rings is 2. The Morgan fingerprint density at radius 2 is 1.97 bits per heavy atom. The third-order valence-electron chi connectivity index (χ3n) is 4.91. The lowest BCUT2D eigenvalue weighted by Gasteiger charge is -2.25. The SMILES string of the molecule is COc1ccc(C2SCC(=O)N2NC(=O)c2ncc3cc(C(F)(F)F)ccc3n2)c(OC)c1. The maximum absolute atomic E-state index is 12.9. The molecule has 1 N–H and O–H groups in total. The third kappa shape index (κ3) is 4.51. The van der Waals surface area contributed by atoms with E-state index in [0.717, 1.165) is 23.3 Å². The van der Waals surface area contributed by atoms with Gasteiger partial charge in [0.15, 0.2) is 0 Å². The molecule has 172 valence electrons. The lowest BCUT2D eigenvalue weighted by atomic mass is 10.1. The summed E-state index contributed by atoms with van der Waals surface area (Å²) < 4.78 is 49.3. The molecule has 0 bridgehead atoms. The zero-order chi connectivity index (χ0) is 23.8. The van der Waals surface area contributed by atoms with Crippen molar-refractivity contribution in [3.05, 3.63) is 59.5 Å². The van der Waals surface area contributed by atoms with E-state index in [1.807, 2.05) is 0 Å². The second-order valence-corrected chi connectivity index (χ2v) is 8.01. The van der Waals surface area contributed by atoms with Crippen LogP contribution in [0.2, 0.25) is 0 Å². The van der Waals surface area contributed by atoms with Gasteiger partial charge in [0.05, 0.1) is 31.1 Å². The van der Waals surface area contributed by atoms with Gasteiger partial charge in [-0.25, -0.2) is 15.0 Å². The highest BCUT2D eigenvalue weighted by Crippen LogP contribution is 2.42. The maximum Gasteiger partial charge on any atom is 0.416 e. The summed E-state index contributed by atoms with van der Waals surface area (Å²) in [4.78, 5) is 33.2. The molecule has 33 heavy (non-hydrogen) atoms. The van der Waals surface area contributed by atoms with Gasteiger partial charge in [0.2, 0.25) is 5.82 Å². The van der Waals surface area contributed by atoms with Gasteiger partial charge in [-0.15, -0.1) is 11.8 Å². The lowest BCUT2D eigenvalue weighted by molar-refractivity contribution is -0.137. The Labute approximate surface area is 190 Å². The lowest BCUT2D eigenvalue weighted by Crippen LogP contribution is -2.45. The van der Waals surface area contributed by atoms with E-state index in [4.69, 9.17) is 9.47 Å². The Kier molecular flexibility index (Phi) is 6.02. The summed E-state index contributed by atoms with van der Waals surface area (Å²) in [7, 11) is 3.00. The van der Waals surface area contributed by atoms with Crippen LogP contribution in [0.15, 0.2) is 42.6 Å². The molecule has 2 aromatic carbocycles. The van der Waals surface area contributed by atoms with Crippen molar-refractivity contribution >= 4 is 34.5 Å². The van der Waals surface area contributed by atoms with Crippen molar-refractivity contribution in [2.75, 3.05) is 20.0 Å². The van der Waals surface area contributed by atoms with Crippen LogP contribution in [0, 0.1) is 0 Å². The second kappa shape index (κ2) is 8.77. The molecule has 4 rings (SSSR count). The number of amides is 2. The fourth-order valence-corrected chi connectivity index (χ4v) is 4.41. The van der Waals surface area contributed by atoms with E-state index < -0.39 is 23.0 Å². The number of hydrogen-bond acceptors (Lipinski definition) is 7. The van der Waals surface area contributed by atoms with Crippen molar-refractivity contribution in [2.24, 2.45) is 0 Å². The summed E-state index contributed by atoms with van der Waals surface area (Å²) >= 11 is 1.29. The van der Waals surface area contributed by atoms with Gasteiger partial charge in [0.1, 0.15) is 16.9 Å². The maximum atomic E-state index is 12.9. The van der Waals surface area contributed by atoms with Crippen molar-refractivity contribution in [3.63, 3.8) is 0 Å². The fourth-order valence-electron chi connectivity index (χ4n) is 3.28. The molecule has 0 saturated carbocycles. The first kappa shape index (κ1) is 22.6. The zero-order valence-corrected chi connectivity index (χ0v) is 18.2. The number of rotatable bonds is 5. The molecular weight excluding hydrogens is 461 g/mol. The number of carbonyl (C=O) groups excluding carboxylic acids is 2. The van der Waals surface area contributed by atoms with Gasteiger partial charge in [-0.3, -0.25) is 15.0 Å². The van der Waals surface area contributed by atoms with Crippen molar-refractivity contribution in [1.82, 2.24) is 20.4 Å². The van der Waals surface area contributed by atoms with Gasteiger partial charge in [-0.2, -0.15) is 13.2 Å². The molecule has 1 aliphatic rings. The number of fused-ring (bicyclic) bond motifs is 1. The molecular formula is C21H17F3N4O4S. The third-order valence-corrected chi connectivity index (χ3v) is 6.10. The first-order valence-electron chi connectivity index (χ1n) is 9.52. The number of aromatic nitrogens is 2. The Morgan fingerprint density at radius 3 is 2.67 bits per heavy atom. The Hall–Kier alpha value is -3.54. The number of alkyl halides is 3. The molecule has 1 unspecified atom stereocenters. The van der Waals surface area contributed by atoms with Crippen LogP contribution in [0.3, 0.4) is 0 Å². The summed E-state index contributed by atoms with van der Waals surface area (Å²) in [6, 6.07) is 8.06. The van der Waals surface area contributed by atoms with E-state index >= 15 is 0 Å². The predicted molar refractivity (Wildman–Crippen MR) is 114 cm³/mol. The Morgan fingerprint density at radius 1 is 1.18 bits per heavy atom. The summed E-state index contributed by atoms with van der Waals surface area (Å²) in [6.45, 7) is 0. The highest BCUT2D eigenvalue weighted by atomic mass is 32.2. The minimum absolute atomic E-state index is 0.124. The van der Waals surface area contributed by atoms with E-state index in [1.54, 1.807) is 18.2 Å². The molecule has 0 radical (unpaired) electrons.